The fourth-order valence-corrected chi connectivity index (χ4v) is 3.88. The second kappa shape index (κ2) is 9.26. The number of fused-ring (bicyclic) bond motifs is 1. The van der Waals surface area contributed by atoms with E-state index in [-0.39, 0.29) is 5.91 Å². The molecule has 3 heterocycles. The lowest BCUT2D eigenvalue weighted by molar-refractivity contribution is -0.111. The third-order valence-electron chi connectivity index (χ3n) is 5.17. The van der Waals surface area contributed by atoms with E-state index in [0.29, 0.717) is 29.1 Å². The van der Waals surface area contributed by atoms with E-state index in [1.54, 1.807) is 12.5 Å². The van der Waals surface area contributed by atoms with E-state index in [9.17, 15) is 4.79 Å². The maximum atomic E-state index is 11.6. The topological polar surface area (TPSA) is 93.1 Å². The summed E-state index contributed by atoms with van der Waals surface area (Å²) in [5.41, 5.74) is 1.45. The van der Waals surface area contributed by atoms with Crippen LogP contribution < -0.4 is 15.0 Å². The van der Waals surface area contributed by atoms with Crippen LogP contribution in [0.25, 0.3) is 10.9 Å². The monoisotopic (exact) mass is 438 g/mol. The molecule has 0 spiro atoms. The molecule has 2 aromatic heterocycles. The number of nitrogens with one attached hydrogen (secondary N) is 1. The average Bonchev–Trinajstić information content (AvgIpc) is 3.24. The number of amides is 1. The summed E-state index contributed by atoms with van der Waals surface area (Å²) in [5, 5.41) is 4.13. The van der Waals surface area contributed by atoms with E-state index in [0.717, 1.165) is 48.5 Å². The zero-order chi connectivity index (χ0) is 21.8. The number of halogens is 1. The van der Waals surface area contributed by atoms with Crippen molar-refractivity contribution in [1.82, 2.24) is 19.9 Å². The molecule has 0 saturated carbocycles. The molecule has 0 bridgehead atoms. The smallest absolute Gasteiger partial charge is 0.247 e. The van der Waals surface area contributed by atoms with Crippen molar-refractivity contribution in [3.05, 3.63) is 54.2 Å². The summed E-state index contributed by atoms with van der Waals surface area (Å²) in [7, 11) is 0. The van der Waals surface area contributed by atoms with Gasteiger partial charge >= 0.3 is 0 Å². The number of benzene rings is 1. The molecule has 1 N–H and O–H groups in total. The molecule has 4 rings (SSSR count). The molecule has 1 saturated heterocycles. The minimum atomic E-state index is -0.257. The molecule has 160 valence electrons. The van der Waals surface area contributed by atoms with Crippen molar-refractivity contribution in [1.29, 1.82) is 0 Å². The molecule has 3 aromatic rings. The van der Waals surface area contributed by atoms with Gasteiger partial charge in [0.15, 0.2) is 0 Å². The third kappa shape index (κ3) is 4.74. The highest BCUT2D eigenvalue weighted by molar-refractivity contribution is 6.31. The van der Waals surface area contributed by atoms with Crippen molar-refractivity contribution >= 4 is 39.9 Å². The maximum Gasteiger partial charge on any atom is 0.247 e. The molecule has 0 radical (unpaired) electrons. The van der Waals surface area contributed by atoms with Gasteiger partial charge in [-0.25, -0.2) is 15.0 Å². The number of nitrogens with zero attached hydrogens (tertiary/aromatic N) is 5. The summed E-state index contributed by atoms with van der Waals surface area (Å²) in [5.74, 6) is 2.20. The predicted octanol–water partition coefficient (Wildman–Crippen LogP) is 3.67. The lowest BCUT2D eigenvalue weighted by atomic mass is 10.0. The minimum Gasteiger partial charge on any atom is -0.477 e. The molecule has 9 heteroatoms. The number of anilines is 2. The standard InChI is InChI=1S/C22H23ClN6O2/c1-3-20(30)27-15-5-6-16-18(10-15)25-13-26-21(16)29-8-7-14(12-29)9-19-24-11-17(23)22(28-19)31-4-2/h3,5-6,10-11,13-14H,1,4,7-9,12H2,2H3,(H,27,30)/t14-/m0/s1. The number of rotatable bonds is 7. The first-order valence-electron chi connectivity index (χ1n) is 10.1. The molecule has 0 aliphatic carbocycles. The number of carbonyl (C=O) groups is 1. The molecule has 1 fully saturated rings. The van der Waals surface area contributed by atoms with E-state index in [1.807, 2.05) is 25.1 Å². The Morgan fingerprint density at radius 1 is 1.39 bits per heavy atom. The van der Waals surface area contributed by atoms with Gasteiger partial charge < -0.3 is 15.0 Å². The highest BCUT2D eigenvalue weighted by atomic mass is 35.5. The Balaban J connectivity index is 1.49. The van der Waals surface area contributed by atoms with Crippen LogP contribution in [0.1, 0.15) is 19.2 Å². The van der Waals surface area contributed by atoms with E-state index >= 15 is 0 Å². The van der Waals surface area contributed by atoms with E-state index in [4.69, 9.17) is 16.3 Å². The van der Waals surface area contributed by atoms with Crippen LogP contribution in [0.5, 0.6) is 5.88 Å². The summed E-state index contributed by atoms with van der Waals surface area (Å²) in [6.07, 6.45) is 6.15. The van der Waals surface area contributed by atoms with Crippen LogP contribution in [-0.2, 0) is 11.2 Å². The van der Waals surface area contributed by atoms with E-state index in [1.165, 1.54) is 6.08 Å². The summed E-state index contributed by atoms with van der Waals surface area (Å²) >= 11 is 6.10. The quantitative estimate of drug-likeness (QED) is 0.562. The van der Waals surface area contributed by atoms with Gasteiger partial charge in [-0.3, -0.25) is 4.79 Å². The Hall–Kier alpha value is -3.26. The number of hydrogen-bond acceptors (Lipinski definition) is 7. The normalized spacial score (nSPS) is 15.8. The van der Waals surface area contributed by atoms with Crippen LogP contribution in [0.15, 0.2) is 43.4 Å². The molecular weight excluding hydrogens is 416 g/mol. The maximum absolute atomic E-state index is 11.6. The Morgan fingerprint density at radius 3 is 3.06 bits per heavy atom. The van der Waals surface area contributed by atoms with Gasteiger partial charge in [-0.05, 0) is 43.5 Å². The number of ether oxygens (including phenoxy) is 1. The molecule has 0 unspecified atom stereocenters. The SMILES string of the molecule is C=CC(=O)Nc1ccc2c(N3CC[C@@H](Cc4ncc(Cl)c(OCC)n4)C3)ncnc2c1. The van der Waals surface area contributed by atoms with Crippen molar-refractivity contribution in [2.45, 2.75) is 19.8 Å². The lowest BCUT2D eigenvalue weighted by Gasteiger charge is -2.19. The molecule has 1 atom stereocenters. The Labute approximate surface area is 185 Å². The summed E-state index contributed by atoms with van der Waals surface area (Å²) in [4.78, 5) is 31.5. The van der Waals surface area contributed by atoms with Crippen LogP contribution in [0.4, 0.5) is 11.5 Å². The average molecular weight is 439 g/mol. The van der Waals surface area contributed by atoms with Gasteiger partial charge in [-0.15, -0.1) is 0 Å². The van der Waals surface area contributed by atoms with Gasteiger partial charge in [0.05, 0.1) is 18.3 Å². The lowest BCUT2D eigenvalue weighted by Crippen LogP contribution is -2.22. The van der Waals surface area contributed by atoms with Crippen LogP contribution in [0.3, 0.4) is 0 Å². The molecular formula is C22H23ClN6O2. The van der Waals surface area contributed by atoms with Gasteiger partial charge in [0.1, 0.15) is 23.0 Å². The zero-order valence-electron chi connectivity index (χ0n) is 17.2. The number of hydrogen-bond donors (Lipinski definition) is 1. The van der Waals surface area contributed by atoms with E-state index in [2.05, 4.69) is 36.7 Å². The van der Waals surface area contributed by atoms with Crippen LogP contribution in [-0.4, -0.2) is 45.5 Å². The van der Waals surface area contributed by atoms with Gasteiger partial charge in [0.2, 0.25) is 11.8 Å². The molecule has 1 aliphatic heterocycles. The van der Waals surface area contributed by atoms with E-state index < -0.39 is 0 Å². The van der Waals surface area contributed by atoms with Gasteiger partial charge in [-0.1, -0.05) is 18.2 Å². The Bertz CT molecular complexity index is 1120. The fraction of sp³-hybridized carbons (Fsp3) is 0.318. The largest absolute Gasteiger partial charge is 0.477 e. The zero-order valence-corrected chi connectivity index (χ0v) is 18.0. The summed E-state index contributed by atoms with van der Waals surface area (Å²) < 4.78 is 5.48. The molecule has 31 heavy (non-hydrogen) atoms. The van der Waals surface area contributed by atoms with Gasteiger partial charge in [-0.2, -0.15) is 4.98 Å². The number of aromatic nitrogens is 4. The second-order valence-electron chi connectivity index (χ2n) is 7.30. The minimum absolute atomic E-state index is 0.257. The highest BCUT2D eigenvalue weighted by Crippen LogP contribution is 2.31. The predicted molar refractivity (Wildman–Crippen MR) is 121 cm³/mol. The van der Waals surface area contributed by atoms with Crippen molar-refractivity contribution in [2.24, 2.45) is 5.92 Å². The first-order valence-corrected chi connectivity index (χ1v) is 10.5. The molecule has 1 amide bonds. The summed E-state index contributed by atoms with van der Waals surface area (Å²) in [6.45, 7) is 7.61. The van der Waals surface area contributed by atoms with Gasteiger partial charge in [0, 0.05) is 30.6 Å². The Morgan fingerprint density at radius 2 is 2.26 bits per heavy atom. The molecule has 8 nitrogen and oxygen atoms in total. The highest BCUT2D eigenvalue weighted by Gasteiger charge is 2.26. The Kier molecular flexibility index (Phi) is 6.27. The van der Waals surface area contributed by atoms with Crippen LogP contribution in [0.2, 0.25) is 5.02 Å². The first kappa shape index (κ1) is 21.0. The van der Waals surface area contributed by atoms with Crippen LogP contribution >= 0.6 is 11.6 Å². The van der Waals surface area contributed by atoms with Crippen molar-refractivity contribution in [2.75, 3.05) is 29.9 Å². The van der Waals surface area contributed by atoms with Crippen molar-refractivity contribution in [3.8, 4) is 5.88 Å². The summed E-state index contributed by atoms with van der Waals surface area (Å²) in [6, 6.07) is 5.63. The van der Waals surface area contributed by atoms with Crippen molar-refractivity contribution < 1.29 is 9.53 Å². The number of carbonyl (C=O) groups excluding carboxylic acids is 1. The van der Waals surface area contributed by atoms with Gasteiger partial charge in [0.25, 0.3) is 0 Å². The molecule has 1 aromatic carbocycles. The fourth-order valence-electron chi connectivity index (χ4n) is 3.74. The van der Waals surface area contributed by atoms with Crippen molar-refractivity contribution in [3.63, 3.8) is 0 Å². The van der Waals surface area contributed by atoms with Crippen LogP contribution in [0, 0.1) is 5.92 Å². The third-order valence-corrected chi connectivity index (χ3v) is 5.43. The second-order valence-corrected chi connectivity index (χ2v) is 7.71. The molecule has 1 aliphatic rings. The first-order chi connectivity index (χ1) is 15.1.